The van der Waals surface area contributed by atoms with Crippen LogP contribution >= 0.6 is 12.4 Å². The van der Waals surface area contributed by atoms with Crippen molar-refractivity contribution in [3.8, 4) is 0 Å². The van der Waals surface area contributed by atoms with Crippen molar-refractivity contribution in [1.82, 2.24) is 14.3 Å². The summed E-state index contributed by atoms with van der Waals surface area (Å²) in [6, 6.07) is 7.35. The normalized spacial score (nSPS) is 11.1. The van der Waals surface area contributed by atoms with Crippen LogP contribution in [0.3, 0.4) is 0 Å². The number of aromatic nitrogens is 2. The molecule has 0 unspecified atom stereocenters. The van der Waals surface area contributed by atoms with Crippen molar-refractivity contribution in [2.24, 2.45) is 7.05 Å². The van der Waals surface area contributed by atoms with Gasteiger partial charge in [0.2, 0.25) is 0 Å². The Morgan fingerprint density at radius 1 is 1.30 bits per heavy atom. The Hall–Kier alpha value is -1.57. The van der Waals surface area contributed by atoms with Crippen LogP contribution < -0.4 is 10.5 Å². The summed E-state index contributed by atoms with van der Waals surface area (Å²) in [7, 11) is -1.80. The van der Waals surface area contributed by atoms with Crippen LogP contribution in [-0.2, 0) is 23.5 Å². The monoisotopic (exact) mass is 316 g/mol. The van der Waals surface area contributed by atoms with Crippen LogP contribution in [0.15, 0.2) is 41.8 Å². The molecule has 0 aliphatic carbocycles. The lowest BCUT2D eigenvalue weighted by Gasteiger charge is -2.04. The van der Waals surface area contributed by atoms with E-state index in [0.29, 0.717) is 18.7 Å². The van der Waals surface area contributed by atoms with E-state index in [1.807, 2.05) is 12.1 Å². The predicted molar refractivity (Wildman–Crippen MR) is 80.2 cm³/mol. The Kier molecular flexibility index (Phi) is 5.55. The number of benzene rings is 1. The SMILES string of the molecule is Cl.Cn1cnc(S(=O)(=O)NCCc2ccc(N)cc2)c1. The average molecular weight is 317 g/mol. The highest BCUT2D eigenvalue weighted by atomic mass is 35.5. The second kappa shape index (κ2) is 6.74. The molecule has 3 N–H and O–H groups in total. The zero-order chi connectivity index (χ0) is 13.9. The maximum absolute atomic E-state index is 11.9. The zero-order valence-electron chi connectivity index (χ0n) is 11.0. The molecule has 110 valence electrons. The fourth-order valence-corrected chi connectivity index (χ4v) is 2.63. The van der Waals surface area contributed by atoms with Crippen molar-refractivity contribution in [2.75, 3.05) is 12.3 Å². The molecule has 0 saturated carbocycles. The van der Waals surface area contributed by atoms with Crippen molar-refractivity contribution >= 4 is 28.1 Å². The van der Waals surface area contributed by atoms with E-state index >= 15 is 0 Å². The minimum absolute atomic E-state index is 0. The summed E-state index contributed by atoms with van der Waals surface area (Å²) in [4.78, 5) is 3.82. The van der Waals surface area contributed by atoms with Gasteiger partial charge in [-0.05, 0) is 24.1 Å². The van der Waals surface area contributed by atoms with Gasteiger partial charge in [0.25, 0.3) is 10.0 Å². The molecule has 1 aromatic carbocycles. The molecule has 1 heterocycles. The van der Waals surface area contributed by atoms with Crippen LogP contribution in [0.1, 0.15) is 5.56 Å². The Morgan fingerprint density at radius 2 is 1.95 bits per heavy atom. The molecule has 0 bridgehead atoms. The number of nitrogens with zero attached hydrogens (tertiary/aromatic N) is 2. The Balaban J connectivity index is 0.00000200. The van der Waals surface area contributed by atoms with E-state index in [-0.39, 0.29) is 17.4 Å². The van der Waals surface area contributed by atoms with E-state index in [9.17, 15) is 8.42 Å². The number of nitrogens with one attached hydrogen (secondary N) is 1. The summed E-state index contributed by atoms with van der Waals surface area (Å²) in [5.74, 6) is 0. The first kappa shape index (κ1) is 16.5. The Labute approximate surface area is 124 Å². The van der Waals surface area contributed by atoms with Gasteiger partial charge >= 0.3 is 0 Å². The number of sulfonamides is 1. The molecule has 0 aliphatic heterocycles. The Morgan fingerprint density at radius 3 is 2.50 bits per heavy atom. The molecule has 0 aliphatic rings. The summed E-state index contributed by atoms with van der Waals surface area (Å²) < 4.78 is 27.9. The fraction of sp³-hybridized carbons (Fsp3) is 0.250. The van der Waals surface area contributed by atoms with Gasteiger partial charge < -0.3 is 10.3 Å². The number of nitrogen functional groups attached to an aromatic ring is 1. The van der Waals surface area contributed by atoms with E-state index in [2.05, 4.69) is 9.71 Å². The van der Waals surface area contributed by atoms with Crippen molar-refractivity contribution in [1.29, 1.82) is 0 Å². The quantitative estimate of drug-likeness (QED) is 0.803. The first-order valence-corrected chi connectivity index (χ1v) is 7.28. The maximum Gasteiger partial charge on any atom is 0.259 e. The lowest BCUT2D eigenvalue weighted by molar-refractivity contribution is 0.578. The number of anilines is 1. The zero-order valence-corrected chi connectivity index (χ0v) is 12.6. The first-order chi connectivity index (χ1) is 8.97. The highest BCUT2D eigenvalue weighted by Crippen LogP contribution is 2.07. The summed E-state index contributed by atoms with van der Waals surface area (Å²) in [6.45, 7) is 0.322. The van der Waals surface area contributed by atoms with Crippen molar-refractivity contribution in [3.63, 3.8) is 0 Å². The van der Waals surface area contributed by atoms with Gasteiger partial charge in [-0.25, -0.2) is 18.1 Å². The number of aryl methyl sites for hydroxylation is 1. The van der Waals surface area contributed by atoms with Crippen LogP contribution in [0, 0.1) is 0 Å². The van der Waals surface area contributed by atoms with Gasteiger partial charge in [0.05, 0.1) is 6.33 Å². The van der Waals surface area contributed by atoms with Crippen molar-refractivity contribution in [3.05, 3.63) is 42.4 Å². The van der Waals surface area contributed by atoms with Gasteiger partial charge in [0.1, 0.15) is 0 Å². The minimum Gasteiger partial charge on any atom is -0.399 e. The van der Waals surface area contributed by atoms with Gasteiger partial charge in [-0.15, -0.1) is 12.4 Å². The van der Waals surface area contributed by atoms with E-state index in [1.54, 1.807) is 23.7 Å². The summed E-state index contributed by atoms with van der Waals surface area (Å²) in [5.41, 5.74) is 7.30. The summed E-state index contributed by atoms with van der Waals surface area (Å²) >= 11 is 0. The number of hydrogen-bond acceptors (Lipinski definition) is 4. The van der Waals surface area contributed by atoms with Crippen LogP contribution in [-0.4, -0.2) is 24.5 Å². The van der Waals surface area contributed by atoms with Crippen LogP contribution in [0.4, 0.5) is 5.69 Å². The van der Waals surface area contributed by atoms with E-state index < -0.39 is 10.0 Å². The Bertz CT molecular complexity index is 652. The smallest absolute Gasteiger partial charge is 0.259 e. The van der Waals surface area contributed by atoms with Gasteiger partial charge in [0, 0.05) is 25.5 Å². The van der Waals surface area contributed by atoms with Gasteiger partial charge in [-0.2, -0.15) is 0 Å². The molecule has 0 radical (unpaired) electrons. The second-order valence-electron chi connectivity index (χ2n) is 4.27. The van der Waals surface area contributed by atoms with E-state index in [4.69, 9.17) is 5.73 Å². The van der Waals surface area contributed by atoms with Crippen LogP contribution in [0.2, 0.25) is 0 Å². The molecule has 0 amide bonds. The number of imidazole rings is 1. The lowest BCUT2D eigenvalue weighted by atomic mass is 10.1. The van der Waals surface area contributed by atoms with E-state index in [1.165, 1.54) is 12.5 Å². The average Bonchev–Trinajstić information content (AvgIpc) is 2.79. The van der Waals surface area contributed by atoms with Gasteiger partial charge in [-0.3, -0.25) is 0 Å². The number of halogens is 1. The standard InChI is InChI=1S/C12H16N4O2S.ClH/c1-16-8-12(14-9-16)19(17,18)15-7-6-10-2-4-11(13)5-3-10;/h2-5,8-9,15H,6-7,13H2,1H3;1H. The summed E-state index contributed by atoms with van der Waals surface area (Å²) in [5, 5.41) is 0.0345. The third-order valence-corrected chi connectivity index (χ3v) is 3.99. The molecular weight excluding hydrogens is 300 g/mol. The third kappa shape index (κ3) is 4.22. The maximum atomic E-state index is 11.9. The molecule has 6 nitrogen and oxygen atoms in total. The number of nitrogens with two attached hydrogens (primary N) is 1. The van der Waals surface area contributed by atoms with Crippen LogP contribution in [0.25, 0.3) is 0 Å². The summed E-state index contributed by atoms with van der Waals surface area (Å²) in [6.07, 6.45) is 3.52. The largest absolute Gasteiger partial charge is 0.399 e. The van der Waals surface area contributed by atoms with Crippen LogP contribution in [0.5, 0.6) is 0 Å². The molecule has 0 spiro atoms. The number of rotatable bonds is 5. The van der Waals surface area contributed by atoms with E-state index in [0.717, 1.165) is 5.56 Å². The molecule has 2 aromatic rings. The predicted octanol–water partition coefficient (Wildman–Crippen LogP) is 0.945. The molecule has 20 heavy (non-hydrogen) atoms. The first-order valence-electron chi connectivity index (χ1n) is 5.79. The second-order valence-corrected chi connectivity index (χ2v) is 5.98. The highest BCUT2D eigenvalue weighted by Gasteiger charge is 2.15. The molecule has 0 saturated heterocycles. The molecule has 1 aromatic heterocycles. The van der Waals surface area contributed by atoms with Crippen molar-refractivity contribution in [2.45, 2.75) is 11.4 Å². The number of hydrogen-bond donors (Lipinski definition) is 2. The topological polar surface area (TPSA) is 90.0 Å². The molecule has 0 atom stereocenters. The van der Waals surface area contributed by atoms with Gasteiger partial charge in [0.15, 0.2) is 5.03 Å². The molecule has 8 heteroatoms. The highest BCUT2D eigenvalue weighted by molar-refractivity contribution is 7.89. The lowest BCUT2D eigenvalue weighted by Crippen LogP contribution is -2.26. The van der Waals surface area contributed by atoms with Crippen molar-refractivity contribution < 1.29 is 8.42 Å². The van der Waals surface area contributed by atoms with Gasteiger partial charge in [-0.1, -0.05) is 12.1 Å². The third-order valence-electron chi connectivity index (χ3n) is 2.64. The fourth-order valence-electron chi connectivity index (χ4n) is 1.62. The molecular formula is C12H17ClN4O2S. The minimum atomic E-state index is -3.52. The molecule has 0 fully saturated rings. The molecule has 2 rings (SSSR count).